The molecule has 0 fully saturated rings. The van der Waals surface area contributed by atoms with Crippen LogP contribution in [-0.2, 0) is 0 Å². The molecule has 0 saturated carbocycles. The van der Waals surface area contributed by atoms with Gasteiger partial charge in [0.25, 0.3) is 0 Å². The maximum Gasteiger partial charge on any atom is 0.200 e. The summed E-state index contributed by atoms with van der Waals surface area (Å²) in [6.45, 7) is 1.86. The molecule has 0 N–H and O–H groups in total. The van der Waals surface area contributed by atoms with Crippen molar-refractivity contribution >= 4 is 48.7 Å². The highest BCUT2D eigenvalue weighted by molar-refractivity contribution is 9.10. The van der Waals surface area contributed by atoms with E-state index in [0.29, 0.717) is 11.4 Å². The minimum absolute atomic E-state index is 0.112. The molecule has 1 unspecified atom stereocenters. The van der Waals surface area contributed by atoms with Crippen LogP contribution in [0.4, 0.5) is 0 Å². The van der Waals surface area contributed by atoms with Gasteiger partial charge >= 0.3 is 0 Å². The molecule has 0 radical (unpaired) electrons. The van der Waals surface area contributed by atoms with Crippen molar-refractivity contribution in [2.75, 3.05) is 0 Å². The number of hydrogen-bond donors (Lipinski definition) is 0. The maximum absolute atomic E-state index is 12.5. The molecule has 0 amide bonds. The first-order valence-electron chi connectivity index (χ1n) is 6.59. The zero-order chi connectivity index (χ0) is 15.7. The number of fused-ring (bicyclic) bond motifs is 1. The molecule has 3 rings (SSSR count). The van der Waals surface area contributed by atoms with E-state index in [1.807, 2.05) is 31.2 Å². The fourth-order valence-electron chi connectivity index (χ4n) is 2.08. The highest BCUT2D eigenvalue weighted by Crippen LogP contribution is 2.27. The summed E-state index contributed by atoms with van der Waals surface area (Å²) in [5.41, 5.74) is 3.40. The summed E-state index contributed by atoms with van der Waals surface area (Å²) in [5, 5.41) is 0. The van der Waals surface area contributed by atoms with Crippen LogP contribution >= 0.6 is 31.9 Å². The molecule has 22 heavy (non-hydrogen) atoms. The Morgan fingerprint density at radius 3 is 2.73 bits per heavy atom. The molecular weight excluding hydrogens is 410 g/mol. The first kappa shape index (κ1) is 15.2. The van der Waals surface area contributed by atoms with Crippen LogP contribution in [0.5, 0.6) is 0 Å². The Hall–Kier alpha value is -1.66. The van der Waals surface area contributed by atoms with Crippen molar-refractivity contribution in [3.05, 3.63) is 64.1 Å². The number of Topliss-reactive ketones (excluding diaryl/α,β-unsaturated/α-hetero) is 1. The van der Waals surface area contributed by atoms with Gasteiger partial charge in [0.2, 0.25) is 5.78 Å². The van der Waals surface area contributed by atoms with Crippen LogP contribution < -0.4 is 0 Å². The molecule has 0 aliphatic rings. The second kappa shape index (κ2) is 6.22. The lowest BCUT2D eigenvalue weighted by molar-refractivity contribution is 0.0985. The number of pyridine rings is 3. The van der Waals surface area contributed by atoms with Crippen molar-refractivity contribution < 1.29 is 4.79 Å². The minimum Gasteiger partial charge on any atom is -0.291 e. The number of halogens is 2. The second-order valence-electron chi connectivity index (χ2n) is 4.82. The van der Waals surface area contributed by atoms with Gasteiger partial charge < -0.3 is 0 Å². The monoisotopic (exact) mass is 419 g/mol. The number of hydrogen-bond acceptors (Lipinski definition) is 4. The summed E-state index contributed by atoms with van der Waals surface area (Å²) in [4.78, 5) is 25.0. The summed E-state index contributed by atoms with van der Waals surface area (Å²) >= 11 is 6.81. The summed E-state index contributed by atoms with van der Waals surface area (Å²) in [7, 11) is 0. The number of rotatable bonds is 3. The second-order valence-corrected chi connectivity index (χ2v) is 6.65. The lowest BCUT2D eigenvalue weighted by Gasteiger charge is -2.09. The maximum atomic E-state index is 12.5. The SMILES string of the molecule is Cc1cccc(C(=O)C(Br)c2ccc3ncc(Br)cc3n2)n1. The number of ketones is 1. The van der Waals surface area contributed by atoms with Crippen molar-refractivity contribution in [3.63, 3.8) is 0 Å². The van der Waals surface area contributed by atoms with Gasteiger partial charge in [-0.1, -0.05) is 22.0 Å². The van der Waals surface area contributed by atoms with E-state index in [2.05, 4.69) is 46.8 Å². The summed E-state index contributed by atoms with van der Waals surface area (Å²) in [6, 6.07) is 10.9. The Balaban J connectivity index is 1.97. The predicted molar refractivity (Wildman–Crippen MR) is 92.2 cm³/mol. The third kappa shape index (κ3) is 3.08. The molecule has 0 bridgehead atoms. The van der Waals surface area contributed by atoms with E-state index in [4.69, 9.17) is 0 Å². The molecule has 110 valence electrons. The van der Waals surface area contributed by atoms with Crippen molar-refractivity contribution in [1.82, 2.24) is 15.0 Å². The van der Waals surface area contributed by atoms with Crippen LogP contribution in [-0.4, -0.2) is 20.7 Å². The molecule has 6 heteroatoms. The van der Waals surface area contributed by atoms with Crippen molar-refractivity contribution in [2.24, 2.45) is 0 Å². The third-order valence-electron chi connectivity index (χ3n) is 3.16. The zero-order valence-corrected chi connectivity index (χ0v) is 14.8. The van der Waals surface area contributed by atoms with Crippen LogP contribution in [0.2, 0.25) is 0 Å². The lowest BCUT2D eigenvalue weighted by Crippen LogP contribution is -2.11. The van der Waals surface area contributed by atoms with E-state index in [1.54, 1.807) is 18.3 Å². The number of aryl methyl sites for hydroxylation is 1. The molecule has 0 aromatic carbocycles. The molecule has 4 nitrogen and oxygen atoms in total. The standard InChI is InChI=1S/C16H11Br2N3O/c1-9-3-2-4-13(20-9)16(22)15(18)12-6-5-11-14(21-12)7-10(17)8-19-11/h2-8,15H,1H3. The van der Waals surface area contributed by atoms with Gasteiger partial charge in [-0.2, -0.15) is 0 Å². The van der Waals surface area contributed by atoms with Gasteiger partial charge in [0, 0.05) is 16.4 Å². The van der Waals surface area contributed by atoms with Crippen LogP contribution in [0.3, 0.4) is 0 Å². The Morgan fingerprint density at radius 1 is 1.14 bits per heavy atom. The number of carbonyl (C=O) groups excluding carboxylic acids is 1. The van der Waals surface area contributed by atoms with Crippen LogP contribution in [0, 0.1) is 6.92 Å². The summed E-state index contributed by atoms with van der Waals surface area (Å²) in [5.74, 6) is -0.112. The smallest absolute Gasteiger partial charge is 0.200 e. The fourth-order valence-corrected chi connectivity index (χ4v) is 2.89. The van der Waals surface area contributed by atoms with Gasteiger partial charge in [-0.15, -0.1) is 0 Å². The molecular formula is C16H11Br2N3O. The van der Waals surface area contributed by atoms with Crippen LogP contribution in [0.15, 0.2) is 47.1 Å². The Morgan fingerprint density at radius 2 is 1.95 bits per heavy atom. The Bertz CT molecular complexity index is 867. The van der Waals surface area contributed by atoms with Crippen molar-refractivity contribution in [2.45, 2.75) is 11.8 Å². The van der Waals surface area contributed by atoms with Gasteiger partial charge in [-0.05, 0) is 53.2 Å². The first-order valence-corrected chi connectivity index (χ1v) is 8.29. The minimum atomic E-state index is -0.537. The summed E-state index contributed by atoms with van der Waals surface area (Å²) in [6.07, 6.45) is 1.72. The number of alkyl halides is 1. The molecule has 0 aliphatic carbocycles. The van der Waals surface area contributed by atoms with Gasteiger partial charge in [-0.25, -0.2) is 9.97 Å². The van der Waals surface area contributed by atoms with Crippen LogP contribution in [0.1, 0.15) is 26.7 Å². The molecule has 3 aromatic rings. The predicted octanol–water partition coefficient (Wildman–Crippen LogP) is 4.41. The van der Waals surface area contributed by atoms with E-state index >= 15 is 0 Å². The molecule has 3 heterocycles. The van der Waals surface area contributed by atoms with E-state index < -0.39 is 4.83 Å². The fraction of sp³-hybridized carbons (Fsp3) is 0.125. The van der Waals surface area contributed by atoms with Crippen molar-refractivity contribution in [3.8, 4) is 0 Å². The number of nitrogens with zero attached hydrogens (tertiary/aromatic N) is 3. The Labute approximate surface area is 144 Å². The van der Waals surface area contributed by atoms with Gasteiger partial charge in [0.15, 0.2) is 0 Å². The highest BCUT2D eigenvalue weighted by atomic mass is 79.9. The lowest BCUT2D eigenvalue weighted by atomic mass is 10.1. The average molecular weight is 421 g/mol. The van der Waals surface area contributed by atoms with Gasteiger partial charge in [0.05, 0.1) is 16.7 Å². The van der Waals surface area contributed by atoms with Crippen molar-refractivity contribution in [1.29, 1.82) is 0 Å². The summed E-state index contributed by atoms with van der Waals surface area (Å²) < 4.78 is 0.849. The van der Waals surface area contributed by atoms with Gasteiger partial charge in [0.1, 0.15) is 10.5 Å². The zero-order valence-electron chi connectivity index (χ0n) is 11.6. The quantitative estimate of drug-likeness (QED) is 0.465. The normalized spacial score (nSPS) is 12.3. The molecule has 0 saturated heterocycles. The average Bonchev–Trinajstić information content (AvgIpc) is 2.52. The Kier molecular flexibility index (Phi) is 4.31. The van der Waals surface area contributed by atoms with E-state index in [9.17, 15) is 4.79 Å². The first-order chi connectivity index (χ1) is 10.5. The van der Waals surface area contributed by atoms with E-state index in [-0.39, 0.29) is 5.78 Å². The number of aromatic nitrogens is 3. The number of carbonyl (C=O) groups is 1. The molecule has 1 atom stereocenters. The van der Waals surface area contributed by atoms with Gasteiger partial charge in [-0.3, -0.25) is 9.78 Å². The molecule has 0 aliphatic heterocycles. The van der Waals surface area contributed by atoms with Crippen LogP contribution in [0.25, 0.3) is 11.0 Å². The molecule has 3 aromatic heterocycles. The largest absolute Gasteiger partial charge is 0.291 e. The van der Waals surface area contributed by atoms with E-state index in [0.717, 1.165) is 21.2 Å². The molecule has 0 spiro atoms. The topological polar surface area (TPSA) is 55.7 Å². The highest BCUT2D eigenvalue weighted by Gasteiger charge is 2.21. The van der Waals surface area contributed by atoms with E-state index in [1.165, 1.54) is 0 Å². The third-order valence-corrected chi connectivity index (χ3v) is 4.47.